The smallest absolute Gasteiger partial charge is 0.375 e. The summed E-state index contributed by atoms with van der Waals surface area (Å²) in [6, 6.07) is 14.0. The molecule has 2 aliphatic carbocycles. The molecule has 17 heteroatoms. The van der Waals surface area contributed by atoms with Crippen LogP contribution in [0.25, 0.3) is 0 Å². The number of aromatic nitrogens is 2. The number of likely N-dealkylation sites (tertiary alicyclic amines) is 2. The van der Waals surface area contributed by atoms with Crippen LogP contribution < -0.4 is 27.8 Å². The van der Waals surface area contributed by atoms with Gasteiger partial charge in [0.05, 0.1) is 16.4 Å². The van der Waals surface area contributed by atoms with Crippen LogP contribution in [0.1, 0.15) is 109 Å². The lowest BCUT2D eigenvalue weighted by Gasteiger charge is -2.57. The minimum Gasteiger partial charge on any atom is -0.375 e. The second-order valence-electron chi connectivity index (χ2n) is 20.5. The molecule has 6 unspecified atom stereocenters. The SMILES string of the molecule is CC1CC(C2CCCN2[C@@](C(N)=O)(C(=O)OC(N)=O)C2(C)Cc3ccc2nc3)N(c2ccc(C(C)(C)C)cc2)[C@]1(C)C1CCCN1[C@@](C(N)=O)(C(=O)OC(N)=O)C1(C)Cc2ccc1nc2. The molecule has 10 rings (SSSR count). The van der Waals surface area contributed by atoms with Crippen LogP contribution in [0.4, 0.5) is 15.3 Å². The Hall–Kier alpha value is -5.94. The highest BCUT2D eigenvalue weighted by Crippen LogP contribution is 2.56. The van der Waals surface area contributed by atoms with Crippen molar-refractivity contribution in [2.45, 2.75) is 144 Å². The van der Waals surface area contributed by atoms with Gasteiger partial charge in [-0.3, -0.25) is 29.4 Å². The van der Waals surface area contributed by atoms with Crippen LogP contribution in [0.2, 0.25) is 0 Å². The van der Waals surface area contributed by atoms with E-state index in [9.17, 15) is 28.8 Å². The van der Waals surface area contributed by atoms with Crippen LogP contribution in [0, 0.1) is 5.92 Å². The fourth-order valence-electron chi connectivity index (χ4n) is 13.1. The van der Waals surface area contributed by atoms with Crippen LogP contribution >= 0.6 is 0 Å². The lowest BCUT2D eigenvalue weighted by molar-refractivity contribution is -0.167. The average Bonchev–Trinajstić information content (AvgIpc) is 3.97. The number of carbonyl (C=O) groups excluding carboxylic acids is 6. The van der Waals surface area contributed by atoms with Gasteiger partial charge >= 0.3 is 24.1 Å². The summed E-state index contributed by atoms with van der Waals surface area (Å²) in [7, 11) is 0. The maximum absolute atomic E-state index is 14.9. The molecule has 17 nitrogen and oxygen atoms in total. The molecule has 4 bridgehead atoms. The minimum atomic E-state index is -2.26. The third-order valence-electron chi connectivity index (χ3n) is 16.2. The highest BCUT2D eigenvalue weighted by molar-refractivity contribution is 6.12. The van der Waals surface area contributed by atoms with E-state index in [0.717, 1.165) is 22.4 Å². The Morgan fingerprint density at radius 1 is 0.662 bits per heavy atom. The van der Waals surface area contributed by atoms with Crippen molar-refractivity contribution >= 4 is 41.6 Å². The lowest BCUT2D eigenvalue weighted by atomic mass is 9.61. The van der Waals surface area contributed by atoms with E-state index < -0.39 is 81.5 Å². The van der Waals surface area contributed by atoms with Gasteiger partial charge in [-0.25, -0.2) is 19.2 Å². The van der Waals surface area contributed by atoms with E-state index in [4.69, 9.17) is 32.4 Å². The summed E-state index contributed by atoms with van der Waals surface area (Å²) in [5.74, 6) is -4.55. The quantitative estimate of drug-likeness (QED) is 0.159. The van der Waals surface area contributed by atoms with Crippen molar-refractivity contribution in [2.75, 3.05) is 18.0 Å². The van der Waals surface area contributed by atoms with Crippen molar-refractivity contribution in [1.29, 1.82) is 0 Å². The molecular weight excluding hydrogens is 831 g/mol. The van der Waals surface area contributed by atoms with Gasteiger partial charge < -0.3 is 37.3 Å². The van der Waals surface area contributed by atoms with Crippen LogP contribution in [-0.2, 0) is 57.7 Å². The molecule has 3 fully saturated rings. The molecule has 3 aromatic rings. The number of esters is 2. The number of amides is 4. The van der Waals surface area contributed by atoms with Crippen LogP contribution in [0.5, 0.6) is 0 Å². The third-order valence-corrected chi connectivity index (χ3v) is 16.2. The van der Waals surface area contributed by atoms with Gasteiger partial charge in [0.15, 0.2) is 0 Å². The number of anilines is 1. The molecule has 8 N–H and O–H groups in total. The van der Waals surface area contributed by atoms with Crippen LogP contribution in [0.15, 0.2) is 60.9 Å². The van der Waals surface area contributed by atoms with E-state index in [-0.39, 0.29) is 37.3 Å². The highest BCUT2D eigenvalue weighted by atomic mass is 16.6. The number of carbonyl (C=O) groups is 6. The van der Waals surface area contributed by atoms with Gasteiger partial charge in [0.2, 0.25) is 11.1 Å². The highest BCUT2D eigenvalue weighted by Gasteiger charge is 2.72. The third kappa shape index (κ3) is 6.46. The van der Waals surface area contributed by atoms with E-state index in [1.807, 2.05) is 21.9 Å². The Morgan fingerprint density at radius 3 is 1.55 bits per heavy atom. The van der Waals surface area contributed by atoms with Crippen molar-refractivity contribution in [2.24, 2.45) is 28.9 Å². The van der Waals surface area contributed by atoms with Gasteiger partial charge in [0, 0.05) is 60.7 Å². The topological polar surface area (TPSA) is 260 Å². The monoisotopic (exact) mass is 891 g/mol. The molecule has 0 radical (unpaired) electrons. The Kier molecular flexibility index (Phi) is 11.0. The maximum Gasteiger partial charge on any atom is 0.412 e. The first-order valence-corrected chi connectivity index (χ1v) is 22.5. The van der Waals surface area contributed by atoms with Crippen molar-refractivity contribution in [3.63, 3.8) is 0 Å². The van der Waals surface area contributed by atoms with Gasteiger partial charge in [-0.05, 0) is 104 Å². The molecule has 5 aliphatic heterocycles. The van der Waals surface area contributed by atoms with Crippen LogP contribution in [-0.4, -0.2) is 104 Å². The standard InChI is InChI=1S/C48H61N9O8/c1-27-22-33(32-10-8-20-55(32)47(37(49)58,39(60)64-41(51)62)44(5)23-28-12-18-34(44)53-25-28)57(31-16-14-30(15-17-31)43(2,3)4)46(27,7)36-11-9-21-56(36)48(38(50)59,40(61)65-42(52)63)45(6)24-29-13-19-35(45)54-26-29/h12-19,25-27,32-33,36H,8-11,20-24H2,1-7H3,(H2,49,58)(H2,50,59)(H2,51,62)(H2,52,63)/t27?,32?,33?,36?,44?,45?,46-,47-,48-/m0/s1. The number of primary amides is 4. The summed E-state index contributed by atoms with van der Waals surface area (Å²) in [6.45, 7) is 14.6. The fourth-order valence-corrected chi connectivity index (χ4v) is 13.1. The largest absolute Gasteiger partial charge is 0.412 e. The van der Waals surface area contributed by atoms with E-state index >= 15 is 0 Å². The van der Waals surface area contributed by atoms with Gasteiger partial charge in [0.1, 0.15) is 0 Å². The summed E-state index contributed by atoms with van der Waals surface area (Å²) in [6.07, 6.45) is 3.72. The predicted molar refractivity (Wildman–Crippen MR) is 239 cm³/mol. The number of rotatable bonds is 11. The summed E-state index contributed by atoms with van der Waals surface area (Å²) >= 11 is 0. The van der Waals surface area contributed by atoms with Crippen LogP contribution in [0.3, 0.4) is 0 Å². The maximum atomic E-state index is 14.9. The second kappa shape index (κ2) is 15.6. The number of ether oxygens (including phenoxy) is 2. The number of nitrogens with zero attached hydrogens (tertiary/aromatic N) is 5. The predicted octanol–water partition coefficient (Wildman–Crippen LogP) is 3.40. The van der Waals surface area contributed by atoms with E-state index in [1.165, 1.54) is 0 Å². The molecule has 4 amide bonds. The minimum absolute atomic E-state index is 0.184. The first-order valence-electron chi connectivity index (χ1n) is 22.5. The molecule has 346 valence electrons. The lowest BCUT2D eigenvalue weighted by Crippen LogP contribution is -2.78. The molecule has 2 aromatic heterocycles. The molecule has 7 aliphatic rings. The molecule has 3 saturated heterocycles. The van der Waals surface area contributed by atoms with Gasteiger partial charge in [-0.2, -0.15) is 0 Å². The zero-order chi connectivity index (χ0) is 47.2. The summed E-state index contributed by atoms with van der Waals surface area (Å²) in [4.78, 5) is 99.0. The van der Waals surface area contributed by atoms with Gasteiger partial charge in [0.25, 0.3) is 11.8 Å². The number of fused-ring (bicyclic) bond motifs is 6. The molecule has 7 heterocycles. The second-order valence-corrected chi connectivity index (χ2v) is 20.5. The number of hydrogen-bond donors (Lipinski definition) is 4. The summed E-state index contributed by atoms with van der Waals surface area (Å²) in [5, 5.41) is 0. The van der Waals surface area contributed by atoms with E-state index in [1.54, 1.807) is 38.4 Å². The van der Waals surface area contributed by atoms with Crippen molar-refractivity contribution < 1.29 is 38.2 Å². The first-order chi connectivity index (χ1) is 30.5. The van der Waals surface area contributed by atoms with E-state index in [0.29, 0.717) is 43.5 Å². The van der Waals surface area contributed by atoms with Gasteiger partial charge in [-0.15, -0.1) is 0 Å². The number of pyridine rings is 2. The average molecular weight is 892 g/mol. The summed E-state index contributed by atoms with van der Waals surface area (Å²) in [5.41, 5.74) is 20.0. The van der Waals surface area contributed by atoms with Crippen molar-refractivity contribution in [1.82, 2.24) is 19.8 Å². The fraction of sp³-hybridized carbons (Fsp3) is 0.542. The molecule has 1 aromatic carbocycles. The first kappa shape index (κ1) is 45.6. The zero-order valence-corrected chi connectivity index (χ0v) is 38.3. The van der Waals surface area contributed by atoms with Crippen molar-refractivity contribution in [3.8, 4) is 0 Å². The summed E-state index contributed by atoms with van der Waals surface area (Å²) < 4.78 is 10.5. The van der Waals surface area contributed by atoms with Gasteiger partial charge in [-0.1, -0.05) is 65.8 Å². The Morgan fingerprint density at radius 2 is 1.14 bits per heavy atom. The molecular formula is C48H61N9O8. The molecule has 9 atom stereocenters. The molecule has 0 spiro atoms. The number of benzene rings is 1. The zero-order valence-electron chi connectivity index (χ0n) is 38.3. The number of hydrogen-bond acceptors (Lipinski definition) is 13. The molecule has 65 heavy (non-hydrogen) atoms. The van der Waals surface area contributed by atoms with Crippen molar-refractivity contribution in [3.05, 3.63) is 89.0 Å². The Bertz CT molecular complexity index is 2440. The Balaban J connectivity index is 1.33. The Labute approximate surface area is 378 Å². The van der Waals surface area contributed by atoms with E-state index in [2.05, 4.69) is 73.8 Å². The normalized spacial score (nSPS) is 30.4. The number of nitrogens with two attached hydrogens (primary N) is 4. The molecule has 0 saturated carbocycles.